The Bertz CT molecular complexity index is 773. The standard InChI is InChI=1S/C12H17ClN2O.C8H14O.C5H8N2O/c1-14-5-7-15(8-6-14)10-3-4-11(13)12(9-10)16-2;1-7-4-2-3-5-8(7)6-9;6-3-5(1-2-5)7-4-8/h3-4,9H,5-8H2,1-2H3;6-8H,2-5H2,1H3;7-8H,1-2,4H2/t;7-,8+;/m.1./s1. The molecule has 1 aliphatic heterocycles. The van der Waals surface area contributed by atoms with Crippen molar-refractivity contribution >= 4 is 23.6 Å². The highest BCUT2D eigenvalue weighted by Crippen LogP contribution is 2.33. The van der Waals surface area contributed by atoms with Gasteiger partial charge in [0, 0.05) is 43.9 Å². The monoisotopic (exact) mass is 478 g/mol. The smallest absolute Gasteiger partial charge is 0.139 e. The third kappa shape index (κ3) is 8.78. The summed E-state index contributed by atoms with van der Waals surface area (Å²) in [5, 5.41) is 20.0. The van der Waals surface area contributed by atoms with Gasteiger partial charge in [0.15, 0.2) is 0 Å². The van der Waals surface area contributed by atoms with Gasteiger partial charge in [-0.1, -0.05) is 37.8 Å². The summed E-state index contributed by atoms with van der Waals surface area (Å²) in [5.41, 5.74) is 0.837. The van der Waals surface area contributed by atoms with Crippen molar-refractivity contribution < 1.29 is 14.6 Å². The number of likely N-dealkylation sites (N-methyl/N-ethyl adjacent to an activating group) is 1. The first kappa shape index (κ1) is 27.4. The largest absolute Gasteiger partial charge is 0.495 e. The molecule has 0 amide bonds. The average Bonchev–Trinajstić information content (AvgIpc) is 3.61. The van der Waals surface area contributed by atoms with E-state index in [2.05, 4.69) is 41.2 Å². The molecule has 0 unspecified atom stereocenters. The quantitative estimate of drug-likeness (QED) is 0.492. The minimum absolute atomic E-state index is 0.0897. The molecule has 184 valence electrons. The predicted octanol–water partition coefficient (Wildman–Crippen LogP) is 3.69. The number of carbonyl (C=O) groups excluding carboxylic acids is 1. The summed E-state index contributed by atoms with van der Waals surface area (Å²) in [7, 11) is 3.80. The second-order valence-corrected chi connectivity index (χ2v) is 9.61. The highest BCUT2D eigenvalue weighted by molar-refractivity contribution is 6.32. The maximum absolute atomic E-state index is 10.4. The van der Waals surface area contributed by atoms with E-state index in [-0.39, 0.29) is 12.3 Å². The summed E-state index contributed by atoms with van der Waals surface area (Å²) >= 11 is 6.01. The Balaban J connectivity index is 0.000000192. The van der Waals surface area contributed by atoms with E-state index >= 15 is 0 Å². The van der Waals surface area contributed by atoms with E-state index in [0.717, 1.165) is 57.5 Å². The maximum Gasteiger partial charge on any atom is 0.139 e. The van der Waals surface area contributed by atoms with E-state index in [1.54, 1.807) is 7.11 Å². The molecule has 7 nitrogen and oxygen atoms in total. The lowest BCUT2D eigenvalue weighted by molar-refractivity contribution is -0.113. The minimum atomic E-state index is -0.352. The number of ether oxygens (including phenoxy) is 1. The number of nitriles is 1. The van der Waals surface area contributed by atoms with Crippen LogP contribution in [0.15, 0.2) is 18.2 Å². The second-order valence-electron chi connectivity index (χ2n) is 9.20. The number of nitrogens with zero attached hydrogens (tertiary/aromatic N) is 3. The van der Waals surface area contributed by atoms with Crippen molar-refractivity contribution in [3.05, 3.63) is 23.2 Å². The number of halogens is 1. The van der Waals surface area contributed by atoms with E-state index in [1.807, 2.05) is 12.1 Å². The summed E-state index contributed by atoms with van der Waals surface area (Å²) in [6.45, 7) is 6.41. The number of hydrogen-bond donors (Lipinski definition) is 2. The van der Waals surface area contributed by atoms with Gasteiger partial charge in [0.2, 0.25) is 0 Å². The molecule has 3 fully saturated rings. The molecule has 0 radical (unpaired) electrons. The number of aliphatic hydroxyl groups excluding tert-OH is 1. The third-order valence-electron chi connectivity index (χ3n) is 6.74. The van der Waals surface area contributed by atoms with Gasteiger partial charge in [0.1, 0.15) is 17.6 Å². The highest BCUT2D eigenvalue weighted by atomic mass is 35.5. The number of methoxy groups -OCH3 is 1. The van der Waals surface area contributed by atoms with Crippen LogP contribution in [0, 0.1) is 23.2 Å². The Labute approximate surface area is 203 Å². The van der Waals surface area contributed by atoms with Crippen molar-refractivity contribution in [3.63, 3.8) is 0 Å². The number of piperazine rings is 1. The molecule has 3 aliphatic rings. The van der Waals surface area contributed by atoms with Crippen molar-refractivity contribution in [3.8, 4) is 11.8 Å². The topological polar surface area (TPSA) is 88.8 Å². The number of hydrogen-bond acceptors (Lipinski definition) is 7. The van der Waals surface area contributed by atoms with Gasteiger partial charge in [0.05, 0.1) is 24.9 Å². The molecule has 33 heavy (non-hydrogen) atoms. The van der Waals surface area contributed by atoms with Crippen LogP contribution in [-0.2, 0) is 4.79 Å². The van der Waals surface area contributed by atoms with E-state index in [4.69, 9.17) is 26.7 Å². The number of benzene rings is 1. The molecule has 1 saturated heterocycles. The SMILES string of the molecule is COc1cc(N2CCN(C)CC2)ccc1Cl.C[C@@H]1CCCC[C@H]1C=O.N#CC1(NCO)CC1. The van der Waals surface area contributed by atoms with Gasteiger partial charge in [-0.2, -0.15) is 5.26 Å². The third-order valence-corrected chi connectivity index (χ3v) is 7.05. The Kier molecular flexibility index (Phi) is 11.4. The Hall–Kier alpha value is -1.85. The molecule has 2 saturated carbocycles. The zero-order chi connectivity index (χ0) is 24.3. The zero-order valence-corrected chi connectivity index (χ0v) is 21.0. The number of rotatable bonds is 5. The van der Waals surface area contributed by atoms with Crippen LogP contribution in [-0.4, -0.2) is 68.9 Å². The van der Waals surface area contributed by atoms with Crippen LogP contribution >= 0.6 is 11.6 Å². The normalized spacial score (nSPS) is 23.7. The number of aliphatic hydroxyl groups is 1. The minimum Gasteiger partial charge on any atom is -0.495 e. The fraction of sp³-hybridized carbons (Fsp3) is 0.680. The van der Waals surface area contributed by atoms with Gasteiger partial charge < -0.3 is 24.4 Å². The van der Waals surface area contributed by atoms with Crippen LogP contribution in [0.2, 0.25) is 5.02 Å². The molecule has 2 aliphatic carbocycles. The second kappa shape index (κ2) is 13.8. The van der Waals surface area contributed by atoms with Crippen LogP contribution in [0.5, 0.6) is 5.75 Å². The van der Waals surface area contributed by atoms with Crippen molar-refractivity contribution in [2.45, 2.75) is 51.0 Å². The summed E-state index contributed by atoms with van der Waals surface area (Å²) in [6.07, 6.45) is 7.85. The molecule has 8 heteroatoms. The van der Waals surface area contributed by atoms with Crippen LogP contribution in [0.3, 0.4) is 0 Å². The summed E-state index contributed by atoms with van der Waals surface area (Å²) in [5.74, 6) is 1.77. The zero-order valence-electron chi connectivity index (χ0n) is 20.2. The summed E-state index contributed by atoms with van der Waals surface area (Å²) in [6, 6.07) is 8.04. The van der Waals surface area contributed by atoms with E-state index < -0.39 is 0 Å². The van der Waals surface area contributed by atoms with Gasteiger partial charge in [-0.05, 0) is 44.4 Å². The van der Waals surface area contributed by atoms with Gasteiger partial charge >= 0.3 is 0 Å². The fourth-order valence-corrected chi connectivity index (χ4v) is 4.26. The summed E-state index contributed by atoms with van der Waals surface area (Å²) in [4.78, 5) is 15.1. The van der Waals surface area contributed by atoms with Gasteiger partial charge in [-0.15, -0.1) is 0 Å². The molecule has 2 N–H and O–H groups in total. The van der Waals surface area contributed by atoms with Crippen LogP contribution in [0.25, 0.3) is 0 Å². The number of carbonyl (C=O) groups is 1. The molecule has 1 heterocycles. The molecule has 1 aromatic rings. The predicted molar refractivity (Wildman–Crippen MR) is 133 cm³/mol. The number of anilines is 1. The lowest BCUT2D eigenvalue weighted by Crippen LogP contribution is -2.44. The van der Waals surface area contributed by atoms with Gasteiger partial charge in [-0.3, -0.25) is 5.32 Å². The molecule has 0 aromatic heterocycles. The Morgan fingerprint density at radius 2 is 1.94 bits per heavy atom. The lowest BCUT2D eigenvalue weighted by atomic mass is 9.81. The Morgan fingerprint density at radius 1 is 1.27 bits per heavy atom. The van der Waals surface area contributed by atoms with Crippen LogP contribution in [0.1, 0.15) is 45.4 Å². The van der Waals surface area contributed by atoms with E-state index in [0.29, 0.717) is 16.9 Å². The molecule has 1 aromatic carbocycles. The number of nitrogens with one attached hydrogen (secondary N) is 1. The molecular weight excluding hydrogens is 440 g/mol. The molecule has 4 rings (SSSR count). The maximum atomic E-state index is 10.4. The lowest BCUT2D eigenvalue weighted by Gasteiger charge is -2.34. The first-order valence-corrected chi connectivity index (χ1v) is 12.2. The van der Waals surface area contributed by atoms with Gasteiger partial charge in [-0.25, -0.2) is 0 Å². The van der Waals surface area contributed by atoms with Crippen LogP contribution < -0.4 is 15.0 Å². The first-order chi connectivity index (χ1) is 15.9. The average molecular weight is 479 g/mol. The first-order valence-electron chi connectivity index (χ1n) is 11.9. The van der Waals surface area contributed by atoms with E-state index in [9.17, 15) is 4.79 Å². The molecule has 0 spiro atoms. The molecule has 0 bridgehead atoms. The van der Waals surface area contributed by atoms with Crippen molar-refractivity contribution in [2.75, 3.05) is 52.0 Å². The van der Waals surface area contributed by atoms with Crippen molar-refractivity contribution in [1.82, 2.24) is 10.2 Å². The van der Waals surface area contributed by atoms with Crippen LogP contribution in [0.4, 0.5) is 5.69 Å². The highest BCUT2D eigenvalue weighted by Gasteiger charge is 2.42. The number of aldehydes is 1. The fourth-order valence-electron chi connectivity index (χ4n) is 4.06. The van der Waals surface area contributed by atoms with E-state index in [1.165, 1.54) is 24.9 Å². The van der Waals surface area contributed by atoms with Crippen molar-refractivity contribution in [1.29, 1.82) is 5.26 Å². The summed E-state index contributed by atoms with van der Waals surface area (Å²) < 4.78 is 5.23. The molecule has 2 atom stereocenters. The van der Waals surface area contributed by atoms with Crippen molar-refractivity contribution in [2.24, 2.45) is 11.8 Å². The Morgan fingerprint density at radius 3 is 2.39 bits per heavy atom. The van der Waals surface area contributed by atoms with Gasteiger partial charge in [0.25, 0.3) is 0 Å². The molecular formula is C25H39ClN4O3.